The number of benzene rings is 3. The Kier molecular flexibility index (Phi) is 5.50. The topological polar surface area (TPSA) is 37.3 Å². The first-order valence-electron chi connectivity index (χ1n) is 10.7. The summed E-state index contributed by atoms with van der Waals surface area (Å²) in [5.41, 5.74) is 6.39. The van der Waals surface area contributed by atoms with E-state index in [4.69, 9.17) is 0 Å². The summed E-state index contributed by atoms with van der Waals surface area (Å²) in [5, 5.41) is 3.15. The smallest absolute Gasteiger partial charge is 0.318 e. The zero-order valence-electron chi connectivity index (χ0n) is 18.2. The molecule has 2 heterocycles. The Labute approximate surface area is 192 Å². The van der Waals surface area contributed by atoms with E-state index in [9.17, 15) is 4.79 Å². The van der Waals surface area contributed by atoms with Gasteiger partial charge in [-0.1, -0.05) is 54.1 Å². The molecule has 1 aromatic heterocycles. The van der Waals surface area contributed by atoms with E-state index in [1.54, 1.807) is 11.8 Å². The molecule has 4 aromatic rings. The number of nitrogens with one attached hydrogen (secondary N) is 1. The lowest BCUT2D eigenvalue weighted by atomic mass is 10.00. The highest BCUT2D eigenvalue weighted by molar-refractivity contribution is 7.98. The van der Waals surface area contributed by atoms with Crippen LogP contribution in [0.25, 0.3) is 5.69 Å². The minimum Gasteiger partial charge on any atom is -0.318 e. The maximum Gasteiger partial charge on any atom is 0.322 e. The van der Waals surface area contributed by atoms with Crippen LogP contribution in [0.4, 0.5) is 10.5 Å². The number of carbonyl (C=O) groups is 1. The molecule has 2 amide bonds. The summed E-state index contributed by atoms with van der Waals surface area (Å²) in [5.74, 6) is 0. The molecule has 0 spiro atoms. The Hall–Kier alpha value is -3.44. The number of anilines is 1. The molecular formula is C27H25N3OS. The van der Waals surface area contributed by atoms with Crippen LogP contribution in [-0.4, -0.2) is 21.8 Å². The minimum absolute atomic E-state index is 0.112. The van der Waals surface area contributed by atoms with Crippen molar-refractivity contribution in [3.05, 3.63) is 114 Å². The van der Waals surface area contributed by atoms with Crippen LogP contribution in [0.2, 0.25) is 0 Å². The summed E-state index contributed by atoms with van der Waals surface area (Å²) >= 11 is 1.66. The number of nitrogens with zero attached hydrogens (tertiary/aromatic N) is 2. The van der Waals surface area contributed by atoms with Gasteiger partial charge in [-0.2, -0.15) is 0 Å². The summed E-state index contributed by atoms with van der Waals surface area (Å²) in [6, 6.07) is 28.6. The van der Waals surface area contributed by atoms with E-state index in [1.165, 1.54) is 5.56 Å². The molecule has 160 valence electrons. The van der Waals surface area contributed by atoms with Gasteiger partial charge in [0, 0.05) is 22.5 Å². The van der Waals surface area contributed by atoms with E-state index >= 15 is 0 Å². The molecule has 1 aliphatic rings. The Balaban J connectivity index is 1.62. The van der Waals surface area contributed by atoms with Crippen LogP contribution in [0.5, 0.6) is 0 Å². The number of hydrogen-bond acceptors (Lipinski definition) is 2. The van der Waals surface area contributed by atoms with Crippen LogP contribution in [-0.2, 0) is 6.54 Å². The molecule has 0 saturated carbocycles. The molecule has 0 radical (unpaired) electrons. The maximum atomic E-state index is 13.7. The van der Waals surface area contributed by atoms with E-state index in [1.807, 2.05) is 47.6 Å². The van der Waals surface area contributed by atoms with Crippen LogP contribution >= 0.6 is 11.8 Å². The van der Waals surface area contributed by atoms with Gasteiger partial charge in [0.2, 0.25) is 0 Å². The predicted octanol–water partition coefficient (Wildman–Crippen LogP) is 6.64. The minimum atomic E-state index is -0.207. The van der Waals surface area contributed by atoms with Gasteiger partial charge >= 0.3 is 6.03 Å². The van der Waals surface area contributed by atoms with Crippen molar-refractivity contribution in [1.82, 2.24) is 9.47 Å². The van der Waals surface area contributed by atoms with Crippen molar-refractivity contribution >= 4 is 23.5 Å². The van der Waals surface area contributed by atoms with Crippen molar-refractivity contribution in [1.29, 1.82) is 0 Å². The second-order valence-electron chi connectivity index (χ2n) is 8.04. The number of urea groups is 1. The normalized spacial score (nSPS) is 14.9. The molecule has 0 aliphatic carbocycles. The molecule has 1 aliphatic heterocycles. The fourth-order valence-electron chi connectivity index (χ4n) is 4.43. The highest BCUT2D eigenvalue weighted by Gasteiger charge is 2.33. The SMILES string of the molecule is CSc1cccc(NC(=O)N2Cc3ccccc3-n3cccc3[C@H]2c2cccc(C)c2)c1. The zero-order valence-corrected chi connectivity index (χ0v) is 19.0. The summed E-state index contributed by atoms with van der Waals surface area (Å²) in [7, 11) is 0. The third-order valence-electron chi connectivity index (χ3n) is 5.90. The summed E-state index contributed by atoms with van der Waals surface area (Å²) < 4.78 is 2.21. The first-order valence-corrected chi connectivity index (χ1v) is 11.9. The van der Waals surface area contributed by atoms with Gasteiger partial charge < -0.3 is 14.8 Å². The van der Waals surface area contributed by atoms with Gasteiger partial charge in [0.1, 0.15) is 0 Å². The fraction of sp³-hybridized carbons (Fsp3) is 0.148. The Morgan fingerprint density at radius 1 is 0.969 bits per heavy atom. The lowest BCUT2D eigenvalue weighted by Gasteiger charge is -2.31. The van der Waals surface area contributed by atoms with E-state index in [-0.39, 0.29) is 12.1 Å². The quantitative estimate of drug-likeness (QED) is 0.363. The number of para-hydroxylation sites is 1. The maximum absolute atomic E-state index is 13.7. The van der Waals surface area contributed by atoms with Gasteiger partial charge in [-0.05, 0) is 60.7 Å². The molecule has 0 saturated heterocycles. The molecule has 5 rings (SSSR count). The average Bonchev–Trinajstić information content (AvgIpc) is 3.23. The first-order chi connectivity index (χ1) is 15.6. The lowest BCUT2D eigenvalue weighted by molar-refractivity contribution is 0.194. The van der Waals surface area contributed by atoms with Crippen LogP contribution in [0.3, 0.4) is 0 Å². The van der Waals surface area contributed by atoms with E-state index in [0.717, 1.165) is 33.1 Å². The number of aryl methyl sites for hydroxylation is 1. The highest BCUT2D eigenvalue weighted by Crippen LogP contribution is 2.37. The lowest BCUT2D eigenvalue weighted by Crippen LogP contribution is -2.38. The number of amides is 2. The van der Waals surface area contributed by atoms with Gasteiger partial charge in [-0.15, -0.1) is 11.8 Å². The molecule has 4 nitrogen and oxygen atoms in total. The number of fused-ring (bicyclic) bond motifs is 3. The molecule has 0 unspecified atom stereocenters. The predicted molar refractivity (Wildman–Crippen MR) is 132 cm³/mol. The average molecular weight is 440 g/mol. The van der Waals surface area contributed by atoms with E-state index in [0.29, 0.717) is 6.54 Å². The van der Waals surface area contributed by atoms with Crippen LogP contribution < -0.4 is 5.32 Å². The Morgan fingerprint density at radius 2 is 1.81 bits per heavy atom. The second-order valence-corrected chi connectivity index (χ2v) is 8.92. The van der Waals surface area contributed by atoms with E-state index < -0.39 is 0 Å². The van der Waals surface area contributed by atoms with Gasteiger partial charge in [-0.25, -0.2) is 4.79 Å². The first kappa shape index (κ1) is 20.5. The third-order valence-corrected chi connectivity index (χ3v) is 6.63. The van der Waals surface area contributed by atoms with Crippen molar-refractivity contribution in [3.63, 3.8) is 0 Å². The van der Waals surface area contributed by atoms with Crippen LogP contribution in [0, 0.1) is 6.92 Å². The van der Waals surface area contributed by atoms with Gasteiger partial charge in [-0.3, -0.25) is 0 Å². The zero-order chi connectivity index (χ0) is 22.1. The number of hydrogen-bond donors (Lipinski definition) is 1. The Bertz CT molecular complexity index is 1280. The largest absolute Gasteiger partial charge is 0.322 e. The number of aromatic nitrogens is 1. The molecule has 1 atom stereocenters. The summed E-state index contributed by atoms with van der Waals surface area (Å²) in [4.78, 5) is 16.8. The number of thioether (sulfide) groups is 1. The molecule has 5 heteroatoms. The number of rotatable bonds is 3. The molecule has 1 N–H and O–H groups in total. The molecule has 32 heavy (non-hydrogen) atoms. The van der Waals surface area contributed by atoms with Crippen molar-refractivity contribution in [3.8, 4) is 5.69 Å². The van der Waals surface area contributed by atoms with Crippen molar-refractivity contribution in [2.45, 2.75) is 24.4 Å². The molecule has 0 bridgehead atoms. The van der Waals surface area contributed by atoms with Crippen LogP contribution in [0.15, 0.2) is 96.0 Å². The van der Waals surface area contributed by atoms with Crippen LogP contribution in [0.1, 0.15) is 28.4 Å². The summed E-state index contributed by atoms with van der Waals surface area (Å²) in [6.45, 7) is 2.61. The van der Waals surface area contributed by atoms with Crippen molar-refractivity contribution in [2.24, 2.45) is 0 Å². The second kappa shape index (κ2) is 8.60. The molecular weight excluding hydrogens is 414 g/mol. The third kappa shape index (κ3) is 3.80. The van der Waals surface area contributed by atoms with Gasteiger partial charge in [0.25, 0.3) is 0 Å². The number of carbonyl (C=O) groups excluding carboxylic acids is 1. The summed E-state index contributed by atoms with van der Waals surface area (Å²) in [6.07, 6.45) is 4.12. The van der Waals surface area contributed by atoms with Crippen molar-refractivity contribution in [2.75, 3.05) is 11.6 Å². The highest BCUT2D eigenvalue weighted by atomic mass is 32.2. The van der Waals surface area contributed by atoms with Gasteiger partial charge in [0.05, 0.1) is 18.3 Å². The standard InChI is InChI=1S/C27H25N3OS/c1-19-8-5-10-20(16-19)26-25-14-7-15-29(25)24-13-4-3-9-21(24)18-30(26)27(31)28-22-11-6-12-23(17-22)32-2/h3-17,26H,18H2,1-2H3,(H,28,31)/t26-/m1/s1. The monoisotopic (exact) mass is 439 g/mol. The van der Waals surface area contributed by atoms with E-state index in [2.05, 4.69) is 71.5 Å². The molecule has 3 aromatic carbocycles. The van der Waals surface area contributed by atoms with Crippen molar-refractivity contribution < 1.29 is 4.79 Å². The van der Waals surface area contributed by atoms with Gasteiger partial charge in [0.15, 0.2) is 0 Å². The Morgan fingerprint density at radius 3 is 2.66 bits per heavy atom. The fourth-order valence-corrected chi connectivity index (χ4v) is 4.89. The molecule has 0 fully saturated rings.